The zero-order chi connectivity index (χ0) is 24.3. The third-order valence-electron chi connectivity index (χ3n) is 5.12. The van der Waals surface area contributed by atoms with E-state index in [1.54, 1.807) is 13.8 Å². The van der Waals surface area contributed by atoms with Gasteiger partial charge in [-0.1, -0.05) is 0 Å². The van der Waals surface area contributed by atoms with Crippen LogP contribution in [-0.4, -0.2) is 68.7 Å². The fourth-order valence-electron chi connectivity index (χ4n) is 4.45. The SMILES string of the molecule is CC(C)OP(=O)(OC(C)C)[C@]1(O[Si](C)(C)C)[C@@H]([C@H]2COC(C)(C)O2)O[C@@H]2OC(C)(C)O[C@@H]21. The highest BCUT2D eigenvalue weighted by molar-refractivity contribution is 7.55. The summed E-state index contributed by atoms with van der Waals surface area (Å²) in [6.07, 6.45) is -3.89. The number of rotatable bonds is 8. The lowest BCUT2D eigenvalue weighted by atomic mass is 10.1. The molecule has 0 aromatic rings. The van der Waals surface area contributed by atoms with Crippen molar-refractivity contribution < 1.29 is 41.7 Å². The molecule has 0 saturated carbocycles. The van der Waals surface area contributed by atoms with Gasteiger partial charge in [-0.15, -0.1) is 0 Å². The summed E-state index contributed by atoms with van der Waals surface area (Å²) in [4.78, 5) is 0. The molecule has 5 atom stereocenters. The van der Waals surface area contributed by atoms with E-state index in [2.05, 4.69) is 0 Å². The van der Waals surface area contributed by atoms with E-state index < -0.39 is 69.6 Å². The lowest BCUT2D eigenvalue weighted by molar-refractivity contribution is -0.237. The van der Waals surface area contributed by atoms with Crippen molar-refractivity contribution in [2.24, 2.45) is 0 Å². The van der Waals surface area contributed by atoms with Crippen molar-refractivity contribution >= 4 is 15.9 Å². The van der Waals surface area contributed by atoms with E-state index in [0.717, 1.165) is 0 Å². The van der Waals surface area contributed by atoms with Crippen LogP contribution in [-0.2, 0) is 41.7 Å². The van der Waals surface area contributed by atoms with Crippen LogP contribution in [0, 0.1) is 0 Å². The van der Waals surface area contributed by atoms with Crippen molar-refractivity contribution in [3.05, 3.63) is 0 Å². The largest absolute Gasteiger partial charge is 0.397 e. The first-order valence-electron chi connectivity index (χ1n) is 11.4. The van der Waals surface area contributed by atoms with Crippen LogP contribution >= 0.6 is 7.60 Å². The molecule has 0 bridgehead atoms. The quantitative estimate of drug-likeness (QED) is 0.353. The molecule has 11 heteroatoms. The lowest BCUT2D eigenvalue weighted by Crippen LogP contribution is -2.60. The molecule has 0 radical (unpaired) electrons. The molecule has 0 unspecified atom stereocenters. The van der Waals surface area contributed by atoms with Crippen molar-refractivity contribution in [3.8, 4) is 0 Å². The molecule has 9 nitrogen and oxygen atoms in total. The van der Waals surface area contributed by atoms with Gasteiger partial charge in [0, 0.05) is 0 Å². The van der Waals surface area contributed by atoms with E-state index in [0.29, 0.717) is 0 Å². The molecule has 3 aliphatic rings. The first kappa shape index (κ1) is 26.7. The first-order valence-corrected chi connectivity index (χ1v) is 16.3. The van der Waals surface area contributed by atoms with Crippen LogP contribution in [0.5, 0.6) is 0 Å². The van der Waals surface area contributed by atoms with Crippen molar-refractivity contribution in [3.63, 3.8) is 0 Å². The van der Waals surface area contributed by atoms with Crippen molar-refractivity contribution in [2.75, 3.05) is 6.61 Å². The Morgan fingerprint density at radius 2 is 1.44 bits per heavy atom. The Morgan fingerprint density at radius 1 is 0.875 bits per heavy atom. The van der Waals surface area contributed by atoms with Gasteiger partial charge in [0.1, 0.15) is 12.2 Å². The van der Waals surface area contributed by atoms with Crippen LogP contribution in [0.3, 0.4) is 0 Å². The monoisotopic (exact) mass is 496 g/mol. The Hall–Kier alpha value is 0.127. The van der Waals surface area contributed by atoms with Gasteiger partial charge < -0.3 is 37.2 Å². The summed E-state index contributed by atoms with van der Waals surface area (Å²) in [6.45, 7) is 20.8. The summed E-state index contributed by atoms with van der Waals surface area (Å²) in [7, 11) is -6.42. The highest BCUT2D eigenvalue weighted by Crippen LogP contribution is 2.71. The standard InChI is InChI=1S/C21H41O9PSi/c1-13(2)28-31(22,29-14(3)4)21(30-32(9,10)11)16(15-12-23-19(5,6)25-15)24-18-17(21)26-20(7,8)27-18/h13-18H,12H2,1-11H3/t15-,16-,17+,18-,21-/m1/s1. The van der Waals surface area contributed by atoms with Crippen LogP contribution in [0.25, 0.3) is 0 Å². The number of hydrogen-bond acceptors (Lipinski definition) is 9. The maximum atomic E-state index is 14.9. The third kappa shape index (κ3) is 5.20. The van der Waals surface area contributed by atoms with Crippen LogP contribution in [0.2, 0.25) is 19.6 Å². The molecule has 0 aliphatic carbocycles. The lowest BCUT2D eigenvalue weighted by Gasteiger charge is -2.47. The van der Waals surface area contributed by atoms with Gasteiger partial charge in [-0.2, -0.15) is 0 Å². The minimum absolute atomic E-state index is 0.237. The maximum absolute atomic E-state index is 14.9. The average molecular weight is 497 g/mol. The minimum atomic E-state index is -4.04. The zero-order valence-electron chi connectivity index (χ0n) is 21.3. The van der Waals surface area contributed by atoms with Gasteiger partial charge in [0.15, 0.2) is 32.3 Å². The Bertz CT molecular complexity index is 721. The van der Waals surface area contributed by atoms with Crippen LogP contribution in [0.4, 0.5) is 0 Å². The molecule has 0 N–H and O–H groups in total. The summed E-state index contributed by atoms with van der Waals surface area (Å²) in [6, 6.07) is 0. The van der Waals surface area contributed by atoms with Gasteiger partial charge >= 0.3 is 7.60 Å². The van der Waals surface area contributed by atoms with Crippen molar-refractivity contribution in [1.29, 1.82) is 0 Å². The Balaban J connectivity index is 2.21. The topological polar surface area (TPSA) is 90.9 Å². The molecular weight excluding hydrogens is 455 g/mol. The highest BCUT2D eigenvalue weighted by Gasteiger charge is 2.77. The van der Waals surface area contributed by atoms with Gasteiger partial charge in [-0.05, 0) is 75.0 Å². The predicted molar refractivity (Wildman–Crippen MR) is 121 cm³/mol. The first-order chi connectivity index (χ1) is 14.4. The summed E-state index contributed by atoms with van der Waals surface area (Å²) in [5.41, 5.74) is 0. The Kier molecular flexibility index (Phi) is 7.23. The average Bonchev–Trinajstić information content (AvgIpc) is 3.14. The fraction of sp³-hybridized carbons (Fsp3) is 1.00. The molecule has 188 valence electrons. The van der Waals surface area contributed by atoms with E-state index in [1.807, 2.05) is 61.2 Å². The predicted octanol–water partition coefficient (Wildman–Crippen LogP) is 4.61. The summed E-state index contributed by atoms with van der Waals surface area (Å²) >= 11 is 0. The molecule has 3 fully saturated rings. The molecule has 0 aromatic heterocycles. The summed E-state index contributed by atoms with van der Waals surface area (Å²) < 4.78 is 64.6. The summed E-state index contributed by atoms with van der Waals surface area (Å²) in [5.74, 6) is -1.78. The van der Waals surface area contributed by atoms with Crippen LogP contribution < -0.4 is 0 Å². The smallest absolute Gasteiger partial charge is 0.367 e. The maximum Gasteiger partial charge on any atom is 0.367 e. The molecule has 3 heterocycles. The molecule has 0 amide bonds. The Morgan fingerprint density at radius 3 is 1.88 bits per heavy atom. The minimum Gasteiger partial charge on any atom is -0.397 e. The number of fused-ring (bicyclic) bond motifs is 1. The molecule has 3 aliphatic heterocycles. The van der Waals surface area contributed by atoms with Crippen LogP contribution in [0.15, 0.2) is 0 Å². The molecule has 0 spiro atoms. The van der Waals surface area contributed by atoms with Gasteiger partial charge in [0.25, 0.3) is 0 Å². The van der Waals surface area contributed by atoms with E-state index in [1.165, 1.54) is 0 Å². The van der Waals surface area contributed by atoms with Crippen molar-refractivity contribution in [1.82, 2.24) is 0 Å². The van der Waals surface area contributed by atoms with E-state index in [-0.39, 0.29) is 6.61 Å². The second kappa shape index (κ2) is 8.66. The normalized spacial score (nSPS) is 36.9. The molecule has 3 saturated heterocycles. The number of hydrogen-bond donors (Lipinski definition) is 0. The van der Waals surface area contributed by atoms with Gasteiger partial charge in [0.05, 0.1) is 18.8 Å². The molecular formula is C21H41O9PSi. The second-order valence-corrected chi connectivity index (χ2v) is 17.7. The van der Waals surface area contributed by atoms with E-state index in [9.17, 15) is 4.57 Å². The van der Waals surface area contributed by atoms with Gasteiger partial charge in [-0.25, -0.2) is 0 Å². The van der Waals surface area contributed by atoms with Crippen molar-refractivity contribution in [2.45, 2.75) is 129 Å². The highest BCUT2D eigenvalue weighted by atomic mass is 31.2. The molecule has 3 rings (SSSR count). The van der Waals surface area contributed by atoms with Gasteiger partial charge in [-0.3, -0.25) is 4.57 Å². The molecule has 32 heavy (non-hydrogen) atoms. The van der Waals surface area contributed by atoms with E-state index in [4.69, 9.17) is 37.2 Å². The van der Waals surface area contributed by atoms with E-state index >= 15 is 0 Å². The fourth-order valence-corrected chi connectivity index (χ4v) is 9.45. The molecule has 0 aromatic carbocycles. The third-order valence-corrected chi connectivity index (χ3v) is 9.10. The zero-order valence-corrected chi connectivity index (χ0v) is 23.2. The second-order valence-electron chi connectivity index (χ2n) is 11.1. The summed E-state index contributed by atoms with van der Waals surface area (Å²) in [5, 5.41) is -1.60. The van der Waals surface area contributed by atoms with Crippen LogP contribution in [0.1, 0.15) is 55.4 Å². The van der Waals surface area contributed by atoms with Gasteiger partial charge in [0.2, 0.25) is 5.34 Å². The number of ether oxygens (including phenoxy) is 5. The Labute approximate surface area is 193 Å².